The summed E-state index contributed by atoms with van der Waals surface area (Å²) in [6, 6.07) is 30.7. The van der Waals surface area contributed by atoms with Crippen LogP contribution in [0, 0.1) is 6.92 Å². The van der Waals surface area contributed by atoms with Crippen LogP contribution < -0.4 is 9.47 Å². The van der Waals surface area contributed by atoms with Gasteiger partial charge in [0, 0.05) is 0 Å². The van der Waals surface area contributed by atoms with E-state index in [1.54, 1.807) is 0 Å². The zero-order valence-electron chi connectivity index (χ0n) is 21.2. The van der Waals surface area contributed by atoms with E-state index < -0.39 is 17.6 Å². The molecule has 0 aliphatic heterocycles. The average molecular weight is 513 g/mol. The molecule has 6 nitrogen and oxygen atoms in total. The molecule has 0 saturated heterocycles. The molecule has 1 aliphatic carbocycles. The van der Waals surface area contributed by atoms with Crippen LogP contribution in [-0.2, 0) is 5.41 Å². The first kappa shape index (κ1) is 25.9. The second-order valence-corrected chi connectivity index (χ2v) is 9.64. The monoisotopic (exact) mass is 512 g/mol. The van der Waals surface area contributed by atoms with Crippen LogP contribution >= 0.6 is 0 Å². The molecule has 0 amide bonds. The van der Waals surface area contributed by atoms with Crippen LogP contribution in [0.25, 0.3) is 11.1 Å². The van der Waals surface area contributed by atoms with Crippen molar-refractivity contribution in [2.75, 3.05) is 26.4 Å². The Hall–Kier alpha value is -3.68. The highest BCUT2D eigenvalue weighted by molar-refractivity contribution is 5.86. The Morgan fingerprint density at radius 3 is 1.87 bits per heavy atom. The van der Waals surface area contributed by atoms with Gasteiger partial charge in [0.2, 0.25) is 0 Å². The molecule has 4 N–H and O–H groups in total. The van der Waals surface area contributed by atoms with E-state index in [2.05, 4.69) is 36.4 Å². The molecule has 0 spiro atoms. The highest BCUT2D eigenvalue weighted by Crippen LogP contribution is 2.56. The van der Waals surface area contributed by atoms with Crippen LogP contribution in [0.1, 0.15) is 27.8 Å². The fourth-order valence-corrected chi connectivity index (χ4v) is 5.32. The molecule has 0 bridgehead atoms. The first-order valence-corrected chi connectivity index (χ1v) is 12.7. The normalized spacial score (nSPS) is 14.9. The highest BCUT2D eigenvalue weighted by Gasteiger charge is 2.46. The zero-order valence-corrected chi connectivity index (χ0v) is 21.2. The molecule has 0 aromatic heterocycles. The van der Waals surface area contributed by atoms with Gasteiger partial charge in [-0.1, -0.05) is 72.8 Å². The van der Waals surface area contributed by atoms with E-state index in [0.717, 1.165) is 38.9 Å². The lowest BCUT2D eigenvalue weighted by atomic mass is 9.67. The molecule has 0 radical (unpaired) electrons. The summed E-state index contributed by atoms with van der Waals surface area (Å²) in [5.41, 5.74) is 6.73. The fraction of sp³-hybridized carbons (Fsp3) is 0.250. The highest BCUT2D eigenvalue weighted by atomic mass is 16.5. The van der Waals surface area contributed by atoms with Gasteiger partial charge in [0.15, 0.2) is 0 Å². The van der Waals surface area contributed by atoms with Crippen LogP contribution in [0.3, 0.4) is 0 Å². The van der Waals surface area contributed by atoms with Crippen LogP contribution in [0.4, 0.5) is 0 Å². The maximum absolute atomic E-state index is 9.90. The fourth-order valence-electron chi connectivity index (χ4n) is 5.32. The Kier molecular flexibility index (Phi) is 7.49. The van der Waals surface area contributed by atoms with Crippen molar-refractivity contribution in [2.45, 2.75) is 24.5 Å². The van der Waals surface area contributed by atoms with Gasteiger partial charge in [-0.3, -0.25) is 0 Å². The summed E-state index contributed by atoms with van der Waals surface area (Å²) >= 11 is 0. The van der Waals surface area contributed by atoms with Crippen molar-refractivity contribution < 1.29 is 29.9 Å². The third-order valence-corrected chi connectivity index (χ3v) is 7.14. The number of fused-ring (bicyclic) bond motifs is 3. The van der Waals surface area contributed by atoms with Crippen molar-refractivity contribution in [3.63, 3.8) is 0 Å². The number of ether oxygens (including phenoxy) is 2. The maximum Gasteiger partial charge on any atom is 0.122 e. The van der Waals surface area contributed by atoms with Crippen LogP contribution in [-0.4, -0.2) is 59.1 Å². The summed E-state index contributed by atoms with van der Waals surface area (Å²) in [4.78, 5) is 0. The smallest absolute Gasteiger partial charge is 0.122 e. The molecule has 38 heavy (non-hydrogen) atoms. The predicted octanol–water partition coefficient (Wildman–Crippen LogP) is 3.82. The largest absolute Gasteiger partial charge is 0.491 e. The first-order valence-electron chi connectivity index (χ1n) is 12.7. The van der Waals surface area contributed by atoms with Crippen molar-refractivity contribution in [1.82, 2.24) is 0 Å². The Bertz CT molecular complexity index is 1370. The van der Waals surface area contributed by atoms with E-state index in [4.69, 9.17) is 9.47 Å². The lowest BCUT2D eigenvalue weighted by Crippen LogP contribution is -2.29. The summed E-state index contributed by atoms with van der Waals surface area (Å²) in [5.74, 6) is 1.22. The van der Waals surface area contributed by atoms with Gasteiger partial charge in [-0.05, 0) is 64.1 Å². The molecule has 1 aliphatic rings. The van der Waals surface area contributed by atoms with Crippen LogP contribution in [0.5, 0.6) is 11.5 Å². The summed E-state index contributed by atoms with van der Waals surface area (Å²) in [7, 11) is 0. The van der Waals surface area contributed by atoms with E-state index in [-0.39, 0.29) is 26.4 Å². The average Bonchev–Trinajstić information content (AvgIpc) is 3.26. The van der Waals surface area contributed by atoms with E-state index >= 15 is 0 Å². The van der Waals surface area contributed by atoms with Gasteiger partial charge in [-0.15, -0.1) is 0 Å². The molecule has 0 fully saturated rings. The Labute approximate surface area is 222 Å². The zero-order chi connectivity index (χ0) is 26.7. The third-order valence-electron chi connectivity index (χ3n) is 7.14. The summed E-state index contributed by atoms with van der Waals surface area (Å²) in [6.07, 6.45) is -1.94. The third kappa shape index (κ3) is 4.57. The van der Waals surface area contributed by atoms with E-state index in [0.29, 0.717) is 11.5 Å². The molecular formula is C32H32O6. The number of benzene rings is 4. The number of aliphatic hydroxyl groups is 4. The molecule has 2 unspecified atom stereocenters. The van der Waals surface area contributed by atoms with E-state index in [1.807, 2.05) is 61.5 Å². The Balaban J connectivity index is 1.73. The number of aliphatic hydroxyl groups excluding tert-OH is 4. The lowest BCUT2D eigenvalue weighted by molar-refractivity contribution is 0.0533. The van der Waals surface area contributed by atoms with E-state index in [1.165, 1.54) is 0 Å². The van der Waals surface area contributed by atoms with Gasteiger partial charge < -0.3 is 29.9 Å². The quantitative estimate of drug-likeness (QED) is 0.227. The van der Waals surface area contributed by atoms with E-state index in [9.17, 15) is 20.4 Å². The first-order chi connectivity index (χ1) is 18.5. The van der Waals surface area contributed by atoms with Gasteiger partial charge in [0.1, 0.15) is 36.9 Å². The molecule has 4 aromatic rings. The van der Waals surface area contributed by atoms with Crippen molar-refractivity contribution in [1.29, 1.82) is 0 Å². The van der Waals surface area contributed by atoms with Crippen molar-refractivity contribution >= 4 is 0 Å². The topological polar surface area (TPSA) is 99.4 Å². The minimum Gasteiger partial charge on any atom is -0.491 e. The molecular weight excluding hydrogens is 480 g/mol. The van der Waals surface area contributed by atoms with Gasteiger partial charge >= 0.3 is 0 Å². The Morgan fingerprint density at radius 2 is 1.24 bits per heavy atom. The van der Waals surface area contributed by atoms with Gasteiger partial charge in [0.25, 0.3) is 0 Å². The summed E-state index contributed by atoms with van der Waals surface area (Å²) in [6.45, 7) is 1.17. The second-order valence-electron chi connectivity index (χ2n) is 9.64. The van der Waals surface area contributed by atoms with Gasteiger partial charge in [-0.2, -0.15) is 0 Å². The summed E-state index contributed by atoms with van der Waals surface area (Å²) in [5, 5.41) is 38.2. The second kappa shape index (κ2) is 11.0. The van der Waals surface area contributed by atoms with Gasteiger partial charge in [-0.25, -0.2) is 0 Å². The SMILES string of the molecule is Cc1ccc(C2(c3cccc(OCC(O)CO)c3)c3ccccc3-c3ccccc32)cc1OCC(O)CO. The minimum absolute atomic E-state index is 0.0164. The number of aryl methyl sites for hydroxylation is 1. The summed E-state index contributed by atoms with van der Waals surface area (Å²) < 4.78 is 11.8. The van der Waals surface area contributed by atoms with Crippen molar-refractivity contribution in [3.05, 3.63) is 119 Å². The molecule has 0 heterocycles. The predicted molar refractivity (Wildman–Crippen MR) is 146 cm³/mol. The molecule has 4 aromatic carbocycles. The lowest BCUT2D eigenvalue weighted by Gasteiger charge is -2.34. The minimum atomic E-state index is -0.969. The van der Waals surface area contributed by atoms with Crippen LogP contribution in [0.15, 0.2) is 91.0 Å². The number of rotatable bonds is 10. The van der Waals surface area contributed by atoms with Gasteiger partial charge in [0.05, 0.1) is 18.6 Å². The standard InChI is InChI=1S/C32H32O6/c1-21-13-14-23(16-31(21)38-20-25(36)18-34)32(22-7-6-8-26(15-22)37-19-24(35)17-33)29-11-4-2-9-27(29)28-10-3-5-12-30(28)32/h2-16,24-25,33-36H,17-20H2,1H3. The number of hydrogen-bond donors (Lipinski definition) is 4. The molecule has 2 atom stereocenters. The van der Waals surface area contributed by atoms with Crippen LogP contribution in [0.2, 0.25) is 0 Å². The number of hydrogen-bond acceptors (Lipinski definition) is 6. The molecule has 6 heteroatoms. The molecule has 0 saturated carbocycles. The van der Waals surface area contributed by atoms with Crippen molar-refractivity contribution in [3.8, 4) is 22.6 Å². The Morgan fingerprint density at radius 1 is 0.658 bits per heavy atom. The maximum atomic E-state index is 9.90. The van der Waals surface area contributed by atoms with Crippen molar-refractivity contribution in [2.24, 2.45) is 0 Å². The molecule has 5 rings (SSSR count). The molecule has 196 valence electrons.